The van der Waals surface area contributed by atoms with Gasteiger partial charge < -0.3 is 5.32 Å². The molecule has 2 saturated heterocycles. The fraction of sp³-hybridized carbons (Fsp3) is 0.867. The normalized spacial score (nSPS) is 35.9. The van der Waals surface area contributed by atoms with E-state index in [1.54, 1.807) is 0 Å². The molecule has 1 N–H and O–H groups in total. The summed E-state index contributed by atoms with van der Waals surface area (Å²) < 4.78 is 0. The molecule has 2 heterocycles. The van der Waals surface area contributed by atoms with Crippen LogP contribution < -0.4 is 5.32 Å². The molecule has 0 radical (unpaired) electrons. The highest BCUT2D eigenvalue weighted by Crippen LogP contribution is 2.46. The molecule has 1 spiro atoms. The van der Waals surface area contributed by atoms with E-state index in [0.717, 1.165) is 13.0 Å². The summed E-state index contributed by atoms with van der Waals surface area (Å²) in [6, 6.07) is 0.540. The van der Waals surface area contributed by atoms with Gasteiger partial charge in [0.2, 0.25) is 5.91 Å². The minimum atomic E-state index is -0.336. The van der Waals surface area contributed by atoms with Crippen LogP contribution in [0.3, 0.4) is 0 Å². The summed E-state index contributed by atoms with van der Waals surface area (Å²) in [5.41, 5.74) is -0.255. The van der Waals surface area contributed by atoms with E-state index in [2.05, 4.69) is 49.7 Å². The summed E-state index contributed by atoms with van der Waals surface area (Å²) in [6.07, 6.45) is 1.42. The average Bonchev–Trinajstić information content (AvgIpc) is 2.81. The molecule has 0 saturated carbocycles. The molecule has 0 aromatic carbocycles. The monoisotopic (exact) mass is 263 g/mol. The van der Waals surface area contributed by atoms with Crippen molar-refractivity contribution >= 4 is 5.91 Å². The zero-order valence-electron chi connectivity index (χ0n) is 12.7. The second-order valence-corrected chi connectivity index (χ2v) is 7.46. The van der Waals surface area contributed by atoms with E-state index in [1.165, 1.54) is 0 Å². The number of carbonyl (C=O) groups excluding carboxylic acids is 1. The zero-order chi connectivity index (χ0) is 14.4. The predicted molar refractivity (Wildman–Crippen MR) is 75.3 cm³/mol. The van der Waals surface area contributed by atoms with E-state index in [-0.39, 0.29) is 28.9 Å². The van der Waals surface area contributed by atoms with Gasteiger partial charge in [-0.05, 0) is 25.7 Å². The second kappa shape index (κ2) is 4.49. The number of amides is 1. The largest absolute Gasteiger partial charge is 0.352 e. The lowest BCUT2D eigenvalue weighted by Gasteiger charge is -2.27. The van der Waals surface area contributed by atoms with E-state index in [0.29, 0.717) is 12.5 Å². The molecule has 0 aliphatic carbocycles. The topological polar surface area (TPSA) is 36.7 Å². The Hall–Kier alpha value is -1.08. The van der Waals surface area contributed by atoms with Gasteiger partial charge in [0.05, 0.1) is 11.8 Å². The fourth-order valence-electron chi connectivity index (χ4n) is 3.31. The Balaban J connectivity index is 2.22. The molecule has 19 heavy (non-hydrogen) atoms. The van der Waals surface area contributed by atoms with Crippen LogP contribution in [0.25, 0.3) is 4.85 Å². The first-order valence-corrected chi connectivity index (χ1v) is 7.13. The van der Waals surface area contributed by atoms with Crippen LogP contribution in [0, 0.1) is 17.4 Å². The fourth-order valence-corrected chi connectivity index (χ4v) is 3.31. The van der Waals surface area contributed by atoms with Crippen LogP contribution in [0.2, 0.25) is 0 Å². The third kappa shape index (κ3) is 2.36. The third-order valence-electron chi connectivity index (χ3n) is 4.68. The highest BCUT2D eigenvalue weighted by molar-refractivity contribution is 5.86. The van der Waals surface area contributed by atoms with Gasteiger partial charge in [0, 0.05) is 18.6 Å². The first kappa shape index (κ1) is 14.3. The lowest BCUT2D eigenvalue weighted by Crippen LogP contribution is -2.38. The summed E-state index contributed by atoms with van der Waals surface area (Å²) in [4.78, 5) is 18.3. The molecule has 4 nitrogen and oxygen atoms in total. The lowest BCUT2D eigenvalue weighted by atomic mass is 9.77. The minimum absolute atomic E-state index is 0.0814. The predicted octanol–water partition coefficient (Wildman–Crippen LogP) is 2.27. The van der Waals surface area contributed by atoms with E-state index >= 15 is 0 Å². The maximum absolute atomic E-state index is 12.4. The smallest absolute Gasteiger partial charge is 0.281 e. The molecular weight excluding hydrogens is 238 g/mol. The quantitative estimate of drug-likeness (QED) is 0.737. The van der Waals surface area contributed by atoms with Crippen LogP contribution in [0.5, 0.6) is 0 Å². The molecule has 3 atom stereocenters. The van der Waals surface area contributed by atoms with Crippen molar-refractivity contribution in [1.82, 2.24) is 10.2 Å². The molecule has 2 aliphatic heterocycles. The molecule has 0 bridgehead atoms. The van der Waals surface area contributed by atoms with E-state index < -0.39 is 0 Å². The van der Waals surface area contributed by atoms with Crippen molar-refractivity contribution in [2.45, 2.75) is 65.7 Å². The summed E-state index contributed by atoms with van der Waals surface area (Å²) in [7, 11) is 0. The molecular formula is C15H25N3O. The van der Waals surface area contributed by atoms with E-state index in [4.69, 9.17) is 6.57 Å². The molecule has 0 aromatic heterocycles. The number of nitrogens with one attached hydrogen (secondary N) is 1. The lowest BCUT2D eigenvalue weighted by molar-refractivity contribution is -0.127. The Morgan fingerprint density at radius 2 is 2.05 bits per heavy atom. The van der Waals surface area contributed by atoms with Crippen molar-refractivity contribution in [1.29, 1.82) is 0 Å². The van der Waals surface area contributed by atoms with Crippen molar-refractivity contribution in [3.05, 3.63) is 11.4 Å². The van der Waals surface area contributed by atoms with Crippen molar-refractivity contribution in [2.24, 2.45) is 10.8 Å². The van der Waals surface area contributed by atoms with Crippen LogP contribution in [-0.2, 0) is 4.79 Å². The average molecular weight is 263 g/mol. The third-order valence-corrected chi connectivity index (χ3v) is 4.68. The van der Waals surface area contributed by atoms with Crippen LogP contribution >= 0.6 is 0 Å². The first-order valence-electron chi connectivity index (χ1n) is 7.13. The summed E-state index contributed by atoms with van der Waals surface area (Å²) >= 11 is 0. The maximum atomic E-state index is 12.4. The van der Waals surface area contributed by atoms with Crippen LogP contribution in [-0.4, -0.2) is 35.6 Å². The Labute approximate surface area is 116 Å². The summed E-state index contributed by atoms with van der Waals surface area (Å²) in [5.74, 6) is 0.157. The molecule has 2 rings (SSSR count). The highest BCUT2D eigenvalue weighted by Gasteiger charge is 2.58. The zero-order valence-corrected chi connectivity index (χ0v) is 12.7. The number of nitrogens with zero attached hydrogens (tertiary/aromatic N) is 2. The van der Waals surface area contributed by atoms with Crippen molar-refractivity contribution in [2.75, 3.05) is 6.54 Å². The standard InChI is InChI=1S/C15H25N3O/c1-10(2)18-9-15(8-12(18)16-6)7-11(14(3,4)5)17-13(15)19/h10-12H,7-9H2,1-5H3,(H,17,19)/t11?,12-,15-/m0/s1. The minimum Gasteiger partial charge on any atom is -0.352 e. The SMILES string of the molecule is [C-]#[N+][C@@H]1C[C@@]2(CC(C(C)(C)C)NC2=O)CN1C(C)C. The van der Waals surface area contributed by atoms with Gasteiger partial charge in [-0.15, -0.1) is 0 Å². The Morgan fingerprint density at radius 1 is 1.42 bits per heavy atom. The van der Waals surface area contributed by atoms with Crippen molar-refractivity contribution in [3.8, 4) is 0 Å². The number of hydrogen-bond acceptors (Lipinski definition) is 2. The molecule has 2 aliphatic rings. The highest BCUT2D eigenvalue weighted by atomic mass is 16.2. The summed E-state index contributed by atoms with van der Waals surface area (Å²) in [5, 5.41) is 3.16. The number of hydrogen-bond donors (Lipinski definition) is 1. The van der Waals surface area contributed by atoms with Crippen LogP contribution in [0.1, 0.15) is 47.5 Å². The van der Waals surface area contributed by atoms with Gasteiger partial charge in [0.25, 0.3) is 6.17 Å². The molecule has 1 unspecified atom stereocenters. The second-order valence-electron chi connectivity index (χ2n) is 7.46. The molecule has 4 heteroatoms. The number of carbonyl (C=O) groups is 1. The Bertz CT molecular complexity index is 418. The van der Waals surface area contributed by atoms with Gasteiger partial charge in [0.1, 0.15) is 0 Å². The summed E-state index contributed by atoms with van der Waals surface area (Å²) in [6.45, 7) is 18.8. The van der Waals surface area contributed by atoms with Gasteiger partial charge >= 0.3 is 0 Å². The van der Waals surface area contributed by atoms with Crippen molar-refractivity contribution < 1.29 is 4.79 Å². The van der Waals surface area contributed by atoms with Gasteiger partial charge in [0.15, 0.2) is 0 Å². The van der Waals surface area contributed by atoms with Crippen LogP contribution in [0.15, 0.2) is 0 Å². The Morgan fingerprint density at radius 3 is 2.42 bits per heavy atom. The maximum Gasteiger partial charge on any atom is 0.281 e. The first-order chi connectivity index (χ1) is 8.69. The van der Waals surface area contributed by atoms with E-state index in [1.807, 2.05) is 0 Å². The van der Waals surface area contributed by atoms with Gasteiger partial charge in [-0.25, -0.2) is 11.5 Å². The molecule has 1 amide bonds. The molecule has 2 fully saturated rings. The van der Waals surface area contributed by atoms with E-state index in [9.17, 15) is 4.79 Å². The number of likely N-dealkylation sites (tertiary alicyclic amines) is 1. The van der Waals surface area contributed by atoms with Gasteiger partial charge in [-0.2, -0.15) is 0 Å². The molecule has 0 aromatic rings. The number of rotatable bonds is 1. The Kier molecular flexibility index (Phi) is 3.38. The molecule has 106 valence electrons. The van der Waals surface area contributed by atoms with Gasteiger partial charge in [-0.3, -0.25) is 9.64 Å². The van der Waals surface area contributed by atoms with Crippen molar-refractivity contribution in [3.63, 3.8) is 0 Å². The van der Waals surface area contributed by atoms with Crippen LogP contribution in [0.4, 0.5) is 0 Å². The van der Waals surface area contributed by atoms with Gasteiger partial charge in [-0.1, -0.05) is 20.8 Å².